The van der Waals surface area contributed by atoms with Gasteiger partial charge in [-0.25, -0.2) is 9.97 Å². The van der Waals surface area contributed by atoms with Crippen molar-refractivity contribution in [2.45, 2.75) is 19.5 Å². The average molecular weight is 273 g/mol. The van der Waals surface area contributed by atoms with Gasteiger partial charge < -0.3 is 9.73 Å². The highest BCUT2D eigenvalue weighted by Gasteiger charge is 2.32. The number of rotatable bonds is 4. The third-order valence-electron chi connectivity index (χ3n) is 2.17. The van der Waals surface area contributed by atoms with Crippen molar-refractivity contribution in [2.75, 3.05) is 11.9 Å². The van der Waals surface area contributed by atoms with Gasteiger partial charge >= 0.3 is 6.18 Å². The van der Waals surface area contributed by atoms with Crippen LogP contribution in [0.1, 0.15) is 17.5 Å². The van der Waals surface area contributed by atoms with Crippen LogP contribution in [0.25, 0.3) is 0 Å². The van der Waals surface area contributed by atoms with Crippen molar-refractivity contribution in [3.63, 3.8) is 0 Å². The van der Waals surface area contributed by atoms with E-state index in [0.717, 1.165) is 12.4 Å². The van der Waals surface area contributed by atoms with Crippen molar-refractivity contribution < 1.29 is 17.6 Å². The molecule has 6 nitrogen and oxygen atoms in total. The molecular weight excluding hydrogens is 263 g/mol. The second-order valence-electron chi connectivity index (χ2n) is 3.68. The van der Waals surface area contributed by atoms with E-state index in [4.69, 9.17) is 4.42 Å². The summed E-state index contributed by atoms with van der Waals surface area (Å²) in [7, 11) is 0. The summed E-state index contributed by atoms with van der Waals surface area (Å²) in [5, 5.41) is 10.1. The van der Waals surface area contributed by atoms with Gasteiger partial charge in [0.15, 0.2) is 0 Å². The number of aryl methyl sites for hydroxylation is 1. The number of alkyl halides is 3. The summed E-state index contributed by atoms with van der Waals surface area (Å²) in [5.41, 5.74) is -0.987. The molecular formula is C10H10F3N5O. The van der Waals surface area contributed by atoms with Crippen LogP contribution < -0.4 is 5.32 Å². The molecule has 0 aliphatic heterocycles. The Morgan fingerprint density at radius 2 is 2.05 bits per heavy atom. The minimum Gasteiger partial charge on any atom is -0.426 e. The summed E-state index contributed by atoms with van der Waals surface area (Å²) < 4.78 is 42.3. The normalized spacial score (nSPS) is 11.6. The molecule has 2 aromatic rings. The highest BCUT2D eigenvalue weighted by atomic mass is 19.4. The number of hydrogen-bond donors (Lipinski definition) is 1. The standard InChI is InChI=1S/C10H10F3N5O/c1-6-17-18-9(19-6)2-3-14-8-4-7(10(11,12)13)15-5-16-8/h4-5H,2-3H2,1H3,(H,14,15,16). The summed E-state index contributed by atoms with van der Waals surface area (Å²) >= 11 is 0. The lowest BCUT2D eigenvalue weighted by Crippen LogP contribution is -2.11. The molecule has 0 amide bonds. The van der Waals surface area contributed by atoms with Crippen LogP contribution in [0.2, 0.25) is 0 Å². The number of nitrogens with zero attached hydrogens (tertiary/aromatic N) is 4. The van der Waals surface area contributed by atoms with Crippen LogP contribution in [-0.4, -0.2) is 26.7 Å². The summed E-state index contributed by atoms with van der Waals surface area (Å²) in [6, 6.07) is 0.846. The van der Waals surface area contributed by atoms with Crippen molar-refractivity contribution in [1.29, 1.82) is 0 Å². The third kappa shape index (κ3) is 3.63. The van der Waals surface area contributed by atoms with E-state index in [1.54, 1.807) is 6.92 Å². The molecule has 2 aromatic heterocycles. The fraction of sp³-hybridized carbons (Fsp3) is 0.400. The molecule has 0 fully saturated rings. The monoisotopic (exact) mass is 273 g/mol. The predicted molar refractivity (Wildman–Crippen MR) is 58.3 cm³/mol. The zero-order valence-electron chi connectivity index (χ0n) is 9.90. The summed E-state index contributed by atoms with van der Waals surface area (Å²) in [6.45, 7) is 1.99. The van der Waals surface area contributed by atoms with Gasteiger partial charge in [0, 0.05) is 26.0 Å². The van der Waals surface area contributed by atoms with E-state index in [9.17, 15) is 13.2 Å². The van der Waals surface area contributed by atoms with Crippen LogP contribution in [0, 0.1) is 6.92 Å². The first kappa shape index (κ1) is 13.2. The number of aromatic nitrogens is 4. The van der Waals surface area contributed by atoms with Gasteiger partial charge in [-0.3, -0.25) is 0 Å². The summed E-state index contributed by atoms with van der Waals surface area (Å²) in [4.78, 5) is 6.86. The first-order chi connectivity index (χ1) is 8.95. The average Bonchev–Trinajstić information content (AvgIpc) is 2.74. The van der Waals surface area contributed by atoms with E-state index in [1.807, 2.05) is 0 Å². The molecule has 0 aliphatic carbocycles. The van der Waals surface area contributed by atoms with E-state index in [-0.39, 0.29) is 5.82 Å². The smallest absolute Gasteiger partial charge is 0.426 e. The molecule has 19 heavy (non-hydrogen) atoms. The zero-order valence-corrected chi connectivity index (χ0v) is 9.90. The Morgan fingerprint density at radius 1 is 1.26 bits per heavy atom. The van der Waals surface area contributed by atoms with Gasteiger partial charge in [0.05, 0.1) is 0 Å². The van der Waals surface area contributed by atoms with Crippen molar-refractivity contribution >= 4 is 5.82 Å². The molecule has 0 saturated heterocycles. The van der Waals surface area contributed by atoms with Crippen LogP contribution in [0.5, 0.6) is 0 Å². The zero-order chi connectivity index (χ0) is 13.9. The van der Waals surface area contributed by atoms with E-state index >= 15 is 0 Å². The molecule has 1 N–H and O–H groups in total. The van der Waals surface area contributed by atoms with Crippen LogP contribution in [-0.2, 0) is 12.6 Å². The van der Waals surface area contributed by atoms with Crippen LogP contribution in [0.3, 0.4) is 0 Å². The molecule has 9 heteroatoms. The van der Waals surface area contributed by atoms with Gasteiger partial charge in [-0.15, -0.1) is 10.2 Å². The molecule has 2 rings (SSSR count). The number of halogens is 3. The molecule has 0 unspecified atom stereocenters. The second-order valence-corrected chi connectivity index (χ2v) is 3.68. The Hall–Kier alpha value is -2.19. The maximum atomic E-state index is 12.4. The quantitative estimate of drug-likeness (QED) is 0.916. The van der Waals surface area contributed by atoms with Crippen molar-refractivity contribution in [1.82, 2.24) is 20.2 Å². The van der Waals surface area contributed by atoms with Crippen LogP contribution in [0.15, 0.2) is 16.8 Å². The van der Waals surface area contributed by atoms with Gasteiger partial charge in [-0.2, -0.15) is 13.2 Å². The first-order valence-electron chi connectivity index (χ1n) is 5.37. The Balaban J connectivity index is 1.93. The van der Waals surface area contributed by atoms with Crippen LogP contribution >= 0.6 is 0 Å². The highest BCUT2D eigenvalue weighted by Crippen LogP contribution is 2.27. The maximum Gasteiger partial charge on any atom is 0.433 e. The van der Waals surface area contributed by atoms with Gasteiger partial charge in [0.2, 0.25) is 11.8 Å². The number of nitrogens with one attached hydrogen (secondary N) is 1. The molecule has 2 heterocycles. The predicted octanol–water partition coefficient (Wildman–Crippen LogP) is 1.84. The Labute approximate surface area is 106 Å². The first-order valence-corrected chi connectivity index (χ1v) is 5.37. The Morgan fingerprint density at radius 3 is 2.68 bits per heavy atom. The second kappa shape index (κ2) is 5.21. The van der Waals surface area contributed by atoms with E-state index in [1.165, 1.54) is 0 Å². The van der Waals surface area contributed by atoms with Gasteiger partial charge in [-0.1, -0.05) is 0 Å². The van der Waals surface area contributed by atoms with Crippen molar-refractivity contribution in [2.24, 2.45) is 0 Å². The third-order valence-corrected chi connectivity index (χ3v) is 2.17. The van der Waals surface area contributed by atoms with Gasteiger partial charge in [-0.05, 0) is 0 Å². The minimum atomic E-state index is -4.48. The lowest BCUT2D eigenvalue weighted by atomic mass is 10.3. The van der Waals surface area contributed by atoms with Crippen LogP contribution in [0.4, 0.5) is 19.0 Å². The molecule has 0 radical (unpaired) electrons. The SMILES string of the molecule is Cc1nnc(CCNc2cc(C(F)(F)F)ncn2)o1. The van der Waals surface area contributed by atoms with E-state index in [2.05, 4.69) is 25.5 Å². The Bertz CT molecular complexity index is 554. The highest BCUT2D eigenvalue weighted by molar-refractivity contribution is 5.35. The minimum absolute atomic E-state index is 0.0959. The van der Waals surface area contributed by atoms with Gasteiger partial charge in [0.1, 0.15) is 17.8 Å². The molecule has 0 atom stereocenters. The van der Waals surface area contributed by atoms with Crippen molar-refractivity contribution in [3.05, 3.63) is 29.9 Å². The molecule has 102 valence electrons. The fourth-order valence-electron chi connectivity index (χ4n) is 1.35. The number of hydrogen-bond acceptors (Lipinski definition) is 6. The molecule has 0 bridgehead atoms. The summed E-state index contributed by atoms with van der Waals surface area (Å²) in [5.74, 6) is 0.949. The molecule has 0 aliphatic rings. The molecule has 0 saturated carbocycles. The lowest BCUT2D eigenvalue weighted by Gasteiger charge is -2.07. The molecule has 0 aromatic carbocycles. The van der Waals surface area contributed by atoms with E-state index in [0.29, 0.717) is 24.7 Å². The van der Waals surface area contributed by atoms with E-state index < -0.39 is 11.9 Å². The van der Waals surface area contributed by atoms with Gasteiger partial charge in [0.25, 0.3) is 0 Å². The maximum absolute atomic E-state index is 12.4. The lowest BCUT2D eigenvalue weighted by molar-refractivity contribution is -0.141. The fourth-order valence-corrected chi connectivity index (χ4v) is 1.35. The number of anilines is 1. The largest absolute Gasteiger partial charge is 0.433 e. The molecule has 0 spiro atoms. The Kier molecular flexibility index (Phi) is 3.63. The summed E-state index contributed by atoms with van der Waals surface area (Å²) in [6.07, 6.45) is -3.23. The topological polar surface area (TPSA) is 76.7 Å². The van der Waals surface area contributed by atoms with Crippen molar-refractivity contribution in [3.8, 4) is 0 Å².